The first kappa shape index (κ1) is 16.9. The number of furan rings is 1. The number of benzene rings is 1. The van der Waals surface area contributed by atoms with Crippen LogP contribution in [0, 0.1) is 0 Å². The topological polar surface area (TPSA) is 82.2 Å². The number of carbonyl (C=O) groups is 1. The summed E-state index contributed by atoms with van der Waals surface area (Å²) in [6.07, 6.45) is 3.26. The molecular weight excluding hydrogens is 320 g/mol. The number of hydrogen-bond acceptors (Lipinski definition) is 5. The Morgan fingerprint density at radius 3 is 2.80 bits per heavy atom. The smallest absolute Gasteiger partial charge is 0.251 e. The molecular formula is C18H20N4O3. The van der Waals surface area contributed by atoms with E-state index < -0.39 is 0 Å². The molecule has 0 radical (unpaired) electrons. The molecule has 7 nitrogen and oxygen atoms in total. The molecule has 1 atom stereocenters. The normalized spacial score (nSPS) is 12.1. The lowest BCUT2D eigenvalue weighted by molar-refractivity contribution is 0.0937. The maximum Gasteiger partial charge on any atom is 0.251 e. The highest BCUT2D eigenvalue weighted by atomic mass is 16.5. The molecule has 0 spiro atoms. The molecule has 1 amide bonds. The van der Waals surface area contributed by atoms with Crippen molar-refractivity contribution in [2.45, 2.75) is 19.5 Å². The highest BCUT2D eigenvalue weighted by molar-refractivity contribution is 5.94. The van der Waals surface area contributed by atoms with Crippen LogP contribution in [0.4, 0.5) is 0 Å². The Morgan fingerprint density at radius 1 is 1.32 bits per heavy atom. The van der Waals surface area contributed by atoms with Crippen LogP contribution in [0.25, 0.3) is 11.3 Å². The summed E-state index contributed by atoms with van der Waals surface area (Å²) in [4.78, 5) is 12.5. The van der Waals surface area contributed by atoms with Crippen molar-refractivity contribution in [2.24, 2.45) is 0 Å². The molecule has 0 aliphatic carbocycles. The third kappa shape index (κ3) is 3.95. The highest BCUT2D eigenvalue weighted by Gasteiger charge is 2.16. The minimum atomic E-state index is -0.267. The highest BCUT2D eigenvalue weighted by Crippen LogP contribution is 2.20. The third-order valence-electron chi connectivity index (χ3n) is 3.87. The first-order valence-corrected chi connectivity index (χ1v) is 8.00. The van der Waals surface area contributed by atoms with Crippen LogP contribution in [-0.2, 0) is 11.3 Å². The van der Waals surface area contributed by atoms with Gasteiger partial charge in [0.15, 0.2) is 5.82 Å². The van der Waals surface area contributed by atoms with Gasteiger partial charge >= 0.3 is 0 Å². The fourth-order valence-corrected chi connectivity index (χ4v) is 2.53. The molecule has 0 fully saturated rings. The van der Waals surface area contributed by atoms with Gasteiger partial charge in [0.25, 0.3) is 5.91 Å². The SMILES string of the molecule is COCCn1cnnc1C(C)NC(=O)c1ccc(-c2ccco2)cc1. The van der Waals surface area contributed by atoms with Gasteiger partial charge in [0, 0.05) is 24.8 Å². The molecule has 130 valence electrons. The maximum absolute atomic E-state index is 12.5. The van der Waals surface area contributed by atoms with Gasteiger partial charge in [-0.25, -0.2) is 0 Å². The van der Waals surface area contributed by atoms with Crippen molar-refractivity contribution < 1.29 is 13.9 Å². The van der Waals surface area contributed by atoms with Crippen molar-refractivity contribution in [1.29, 1.82) is 0 Å². The molecule has 3 rings (SSSR count). The monoisotopic (exact) mass is 340 g/mol. The maximum atomic E-state index is 12.5. The average Bonchev–Trinajstić information content (AvgIpc) is 3.31. The molecule has 7 heteroatoms. The molecule has 1 unspecified atom stereocenters. The number of nitrogens with zero attached hydrogens (tertiary/aromatic N) is 3. The van der Waals surface area contributed by atoms with Gasteiger partial charge in [-0.3, -0.25) is 4.79 Å². The van der Waals surface area contributed by atoms with E-state index in [0.717, 1.165) is 11.3 Å². The largest absolute Gasteiger partial charge is 0.464 e. The van der Waals surface area contributed by atoms with Crippen molar-refractivity contribution in [3.05, 3.63) is 60.4 Å². The van der Waals surface area contributed by atoms with Crippen LogP contribution in [0.15, 0.2) is 53.4 Å². The molecule has 1 N–H and O–H groups in total. The van der Waals surface area contributed by atoms with E-state index in [1.54, 1.807) is 31.8 Å². The zero-order chi connectivity index (χ0) is 17.6. The predicted molar refractivity (Wildman–Crippen MR) is 91.9 cm³/mol. The Kier molecular flexibility index (Phi) is 5.25. The summed E-state index contributed by atoms with van der Waals surface area (Å²) in [5.41, 5.74) is 1.50. The molecule has 0 saturated heterocycles. The Hall–Kier alpha value is -2.93. The van der Waals surface area contributed by atoms with E-state index in [0.29, 0.717) is 24.5 Å². The van der Waals surface area contributed by atoms with Crippen molar-refractivity contribution >= 4 is 5.91 Å². The number of nitrogens with one attached hydrogen (secondary N) is 1. The fraction of sp³-hybridized carbons (Fsp3) is 0.278. The zero-order valence-electron chi connectivity index (χ0n) is 14.2. The van der Waals surface area contributed by atoms with Gasteiger partial charge in [-0.05, 0) is 31.2 Å². The van der Waals surface area contributed by atoms with Gasteiger partial charge in [0.1, 0.15) is 12.1 Å². The summed E-state index contributed by atoms with van der Waals surface area (Å²) in [6, 6.07) is 10.7. The van der Waals surface area contributed by atoms with Gasteiger partial charge in [-0.15, -0.1) is 10.2 Å². The van der Waals surface area contributed by atoms with Crippen LogP contribution in [0.3, 0.4) is 0 Å². The molecule has 0 saturated carbocycles. The Balaban J connectivity index is 1.66. The second-order valence-electron chi connectivity index (χ2n) is 5.63. The van der Waals surface area contributed by atoms with Crippen LogP contribution < -0.4 is 5.32 Å². The summed E-state index contributed by atoms with van der Waals surface area (Å²) >= 11 is 0. The Morgan fingerprint density at radius 2 is 2.12 bits per heavy atom. The molecule has 3 aromatic rings. The van der Waals surface area contributed by atoms with Gasteiger partial charge in [-0.1, -0.05) is 12.1 Å². The number of rotatable bonds is 7. The van der Waals surface area contributed by atoms with Gasteiger partial charge in [0.05, 0.1) is 18.9 Å². The van der Waals surface area contributed by atoms with Gasteiger partial charge in [-0.2, -0.15) is 0 Å². The molecule has 1 aromatic carbocycles. The Bertz CT molecular complexity index is 809. The van der Waals surface area contributed by atoms with Crippen LogP contribution in [0.1, 0.15) is 29.1 Å². The molecule has 0 aliphatic heterocycles. The van der Waals surface area contributed by atoms with Crippen LogP contribution >= 0.6 is 0 Å². The fourth-order valence-electron chi connectivity index (χ4n) is 2.53. The lowest BCUT2D eigenvalue weighted by Crippen LogP contribution is -2.29. The number of methoxy groups -OCH3 is 1. The number of hydrogen-bond donors (Lipinski definition) is 1. The van der Waals surface area contributed by atoms with Crippen molar-refractivity contribution in [3.8, 4) is 11.3 Å². The first-order chi connectivity index (χ1) is 12.2. The number of aromatic nitrogens is 3. The second kappa shape index (κ2) is 7.76. The average molecular weight is 340 g/mol. The summed E-state index contributed by atoms with van der Waals surface area (Å²) in [7, 11) is 1.64. The lowest BCUT2D eigenvalue weighted by Gasteiger charge is -2.15. The number of ether oxygens (including phenoxy) is 1. The van der Waals surface area contributed by atoms with E-state index in [1.807, 2.05) is 35.8 Å². The number of carbonyl (C=O) groups excluding carboxylic acids is 1. The molecule has 2 heterocycles. The van der Waals surface area contributed by atoms with Crippen LogP contribution in [-0.4, -0.2) is 34.4 Å². The van der Waals surface area contributed by atoms with Crippen molar-refractivity contribution in [1.82, 2.24) is 20.1 Å². The van der Waals surface area contributed by atoms with E-state index in [1.165, 1.54) is 0 Å². The predicted octanol–water partition coefficient (Wildman–Crippen LogP) is 2.68. The molecule has 0 bridgehead atoms. The van der Waals surface area contributed by atoms with Crippen LogP contribution in [0.5, 0.6) is 0 Å². The quantitative estimate of drug-likeness (QED) is 0.715. The first-order valence-electron chi connectivity index (χ1n) is 8.00. The van der Waals surface area contributed by atoms with E-state index in [4.69, 9.17) is 9.15 Å². The third-order valence-corrected chi connectivity index (χ3v) is 3.87. The lowest BCUT2D eigenvalue weighted by atomic mass is 10.1. The Labute approximate surface area is 145 Å². The minimum absolute atomic E-state index is 0.167. The summed E-state index contributed by atoms with van der Waals surface area (Å²) in [5, 5.41) is 10.9. The van der Waals surface area contributed by atoms with Gasteiger partial charge < -0.3 is 19.0 Å². The van der Waals surface area contributed by atoms with Crippen LogP contribution in [0.2, 0.25) is 0 Å². The summed E-state index contributed by atoms with van der Waals surface area (Å²) < 4.78 is 12.3. The van der Waals surface area contributed by atoms with E-state index in [-0.39, 0.29) is 11.9 Å². The standard InChI is InChI=1S/C18H20N4O3/c1-13(17-21-19-12-22(17)9-11-24-2)20-18(23)15-7-5-14(6-8-15)16-4-3-10-25-16/h3-8,10,12-13H,9,11H2,1-2H3,(H,20,23). The molecule has 25 heavy (non-hydrogen) atoms. The van der Waals surface area contributed by atoms with E-state index in [9.17, 15) is 4.79 Å². The molecule has 2 aromatic heterocycles. The van der Waals surface area contributed by atoms with E-state index in [2.05, 4.69) is 15.5 Å². The van der Waals surface area contributed by atoms with Gasteiger partial charge in [0.2, 0.25) is 0 Å². The summed E-state index contributed by atoms with van der Waals surface area (Å²) in [6.45, 7) is 3.07. The minimum Gasteiger partial charge on any atom is -0.464 e. The summed E-state index contributed by atoms with van der Waals surface area (Å²) in [5.74, 6) is 1.30. The number of amides is 1. The van der Waals surface area contributed by atoms with Crippen molar-refractivity contribution in [2.75, 3.05) is 13.7 Å². The molecule has 0 aliphatic rings. The van der Waals surface area contributed by atoms with E-state index >= 15 is 0 Å². The van der Waals surface area contributed by atoms with Crippen molar-refractivity contribution in [3.63, 3.8) is 0 Å². The second-order valence-corrected chi connectivity index (χ2v) is 5.63. The zero-order valence-corrected chi connectivity index (χ0v) is 14.2.